The molecule has 0 bridgehead atoms. The smallest absolute Gasteiger partial charge is 0.367 e. The first kappa shape index (κ1) is 15.9. The number of hydrogen-bond donors (Lipinski definition) is 0. The zero-order chi connectivity index (χ0) is 12.4. The normalized spacial score (nSPS) is 12.1. The topological polar surface area (TPSA) is 18.5 Å². The number of hydrogen-bond acceptors (Lipinski definition) is 2. The monoisotopic (exact) mass is 244 g/mol. The minimum absolute atomic E-state index is 0.429. The molecule has 0 fully saturated rings. The van der Waals surface area contributed by atoms with E-state index in [0.29, 0.717) is 5.54 Å². The van der Waals surface area contributed by atoms with E-state index in [1.165, 1.54) is 0 Å². The molecule has 3 heteroatoms. The Morgan fingerprint density at radius 1 is 1.06 bits per heavy atom. The third kappa shape index (κ3) is 5.28. The van der Waals surface area contributed by atoms with Gasteiger partial charge in [0.2, 0.25) is 0 Å². The fraction of sp³-hybridized carbons (Fsp3) is 0.846. The summed E-state index contributed by atoms with van der Waals surface area (Å²) in [4.78, 5) is 0. The lowest BCUT2D eigenvalue weighted by Crippen LogP contribution is -2.44. The van der Waals surface area contributed by atoms with E-state index in [4.69, 9.17) is 8.85 Å². The molecule has 0 amide bonds. The fourth-order valence-corrected chi connectivity index (χ4v) is 3.86. The Morgan fingerprint density at radius 3 is 1.75 bits per heavy atom. The first-order valence-electron chi connectivity index (χ1n) is 6.54. The molecule has 0 aliphatic carbocycles. The Hall–Kier alpha value is -0.123. The van der Waals surface area contributed by atoms with Gasteiger partial charge in [0, 0.05) is 18.8 Å². The standard InChI is InChI=1S/C13H28O2Si/c1-6-9-11-14-16(8-3,13(4)5)15-12-10-7-2/h8,13H,3,6-7,9-12H2,1-2,4-5H3. The van der Waals surface area contributed by atoms with Gasteiger partial charge in [-0.1, -0.05) is 40.5 Å². The Kier molecular flexibility index (Phi) is 8.90. The summed E-state index contributed by atoms with van der Waals surface area (Å²) < 4.78 is 12.1. The second-order valence-corrected chi connectivity index (χ2v) is 8.07. The number of unbranched alkanes of at least 4 members (excludes halogenated alkanes) is 2. The molecule has 0 aromatic rings. The molecule has 0 rings (SSSR count). The van der Waals surface area contributed by atoms with Crippen molar-refractivity contribution in [3.05, 3.63) is 12.3 Å². The Labute approximate surface area is 102 Å². The molecular weight excluding hydrogens is 216 g/mol. The van der Waals surface area contributed by atoms with Gasteiger partial charge in [-0.15, -0.1) is 6.58 Å². The molecule has 96 valence electrons. The molecule has 0 radical (unpaired) electrons. The van der Waals surface area contributed by atoms with Gasteiger partial charge in [-0.05, 0) is 18.5 Å². The van der Waals surface area contributed by atoms with Gasteiger partial charge in [0.1, 0.15) is 0 Å². The van der Waals surface area contributed by atoms with Crippen LogP contribution in [0.4, 0.5) is 0 Å². The SMILES string of the molecule is C=C[Si](OCCCC)(OCCCC)C(C)C. The molecule has 0 spiro atoms. The maximum atomic E-state index is 6.03. The van der Waals surface area contributed by atoms with Gasteiger partial charge in [-0.2, -0.15) is 0 Å². The highest BCUT2D eigenvalue weighted by Gasteiger charge is 2.38. The van der Waals surface area contributed by atoms with Crippen LogP contribution in [0, 0.1) is 0 Å². The summed E-state index contributed by atoms with van der Waals surface area (Å²) in [5.41, 5.74) is 2.38. The van der Waals surface area contributed by atoms with Gasteiger partial charge in [0.05, 0.1) is 0 Å². The van der Waals surface area contributed by atoms with Crippen LogP contribution in [0.3, 0.4) is 0 Å². The predicted molar refractivity (Wildman–Crippen MR) is 72.8 cm³/mol. The summed E-state index contributed by atoms with van der Waals surface area (Å²) in [6, 6.07) is 0. The quantitative estimate of drug-likeness (QED) is 0.423. The van der Waals surface area contributed by atoms with E-state index >= 15 is 0 Å². The first-order valence-corrected chi connectivity index (χ1v) is 8.51. The molecule has 0 saturated carbocycles. The maximum Gasteiger partial charge on any atom is 0.367 e. The molecule has 0 saturated heterocycles. The number of rotatable bonds is 10. The molecule has 16 heavy (non-hydrogen) atoms. The van der Waals surface area contributed by atoms with Crippen LogP contribution in [0.1, 0.15) is 53.4 Å². The summed E-state index contributed by atoms with van der Waals surface area (Å²) in [6.45, 7) is 14.2. The van der Waals surface area contributed by atoms with E-state index in [-0.39, 0.29) is 0 Å². The average molecular weight is 244 g/mol. The van der Waals surface area contributed by atoms with Crippen LogP contribution in [0.15, 0.2) is 12.3 Å². The van der Waals surface area contributed by atoms with E-state index in [9.17, 15) is 0 Å². The van der Waals surface area contributed by atoms with Gasteiger partial charge in [0.15, 0.2) is 0 Å². The Bertz CT molecular complexity index is 171. The molecule has 0 aromatic heterocycles. The van der Waals surface area contributed by atoms with Crippen molar-refractivity contribution in [3.8, 4) is 0 Å². The highest BCUT2D eigenvalue weighted by atomic mass is 28.4. The van der Waals surface area contributed by atoms with Gasteiger partial charge in [-0.25, -0.2) is 0 Å². The van der Waals surface area contributed by atoms with E-state index < -0.39 is 8.56 Å². The third-order valence-corrected chi connectivity index (χ3v) is 6.23. The fourth-order valence-electron chi connectivity index (χ4n) is 1.48. The summed E-state index contributed by atoms with van der Waals surface area (Å²) >= 11 is 0. The molecule has 0 aromatic carbocycles. The lowest BCUT2D eigenvalue weighted by molar-refractivity contribution is 0.167. The van der Waals surface area contributed by atoms with Crippen molar-refractivity contribution in [1.29, 1.82) is 0 Å². The van der Waals surface area contributed by atoms with Gasteiger partial charge in [0.25, 0.3) is 0 Å². The third-order valence-electron chi connectivity index (χ3n) is 2.74. The van der Waals surface area contributed by atoms with E-state index in [2.05, 4.69) is 34.3 Å². The Morgan fingerprint density at radius 2 is 1.50 bits per heavy atom. The lowest BCUT2D eigenvalue weighted by Gasteiger charge is -2.31. The second-order valence-electron chi connectivity index (χ2n) is 4.48. The molecule has 2 nitrogen and oxygen atoms in total. The van der Waals surface area contributed by atoms with Crippen molar-refractivity contribution in [2.45, 2.75) is 58.9 Å². The van der Waals surface area contributed by atoms with Crippen LogP contribution >= 0.6 is 0 Å². The van der Waals surface area contributed by atoms with Crippen LogP contribution < -0.4 is 0 Å². The molecule has 0 atom stereocenters. The largest absolute Gasteiger partial charge is 0.391 e. The summed E-state index contributed by atoms with van der Waals surface area (Å²) in [5, 5.41) is 0. The van der Waals surface area contributed by atoms with Crippen LogP contribution in [-0.4, -0.2) is 21.8 Å². The molecule has 0 heterocycles. The summed E-state index contributed by atoms with van der Waals surface area (Å²) in [7, 11) is -2.16. The summed E-state index contributed by atoms with van der Waals surface area (Å²) in [6.07, 6.45) is 4.53. The van der Waals surface area contributed by atoms with E-state index in [1.807, 2.05) is 5.70 Å². The van der Waals surface area contributed by atoms with E-state index in [0.717, 1.165) is 38.9 Å². The van der Waals surface area contributed by atoms with Crippen LogP contribution in [-0.2, 0) is 8.85 Å². The van der Waals surface area contributed by atoms with Crippen LogP contribution in [0.5, 0.6) is 0 Å². The molecular formula is C13H28O2Si. The first-order chi connectivity index (χ1) is 7.63. The predicted octanol–water partition coefficient (Wildman–Crippen LogP) is 4.20. The second kappa shape index (κ2) is 8.96. The highest BCUT2D eigenvalue weighted by Crippen LogP contribution is 2.25. The van der Waals surface area contributed by atoms with Gasteiger partial charge < -0.3 is 8.85 Å². The minimum Gasteiger partial charge on any atom is -0.391 e. The summed E-state index contributed by atoms with van der Waals surface area (Å²) in [5.74, 6) is 0. The van der Waals surface area contributed by atoms with Crippen molar-refractivity contribution in [2.24, 2.45) is 0 Å². The van der Waals surface area contributed by atoms with Crippen molar-refractivity contribution >= 4 is 8.56 Å². The van der Waals surface area contributed by atoms with E-state index in [1.54, 1.807) is 0 Å². The maximum absolute atomic E-state index is 6.03. The molecule has 0 aliphatic rings. The molecule has 0 aliphatic heterocycles. The van der Waals surface area contributed by atoms with Crippen LogP contribution in [0.25, 0.3) is 0 Å². The van der Waals surface area contributed by atoms with Crippen molar-refractivity contribution in [3.63, 3.8) is 0 Å². The van der Waals surface area contributed by atoms with Crippen molar-refractivity contribution < 1.29 is 8.85 Å². The van der Waals surface area contributed by atoms with Crippen molar-refractivity contribution in [2.75, 3.05) is 13.2 Å². The van der Waals surface area contributed by atoms with Crippen molar-refractivity contribution in [1.82, 2.24) is 0 Å². The molecule has 0 N–H and O–H groups in total. The minimum atomic E-state index is -2.16. The Balaban J connectivity index is 4.27. The van der Waals surface area contributed by atoms with Crippen LogP contribution in [0.2, 0.25) is 5.54 Å². The highest BCUT2D eigenvalue weighted by molar-refractivity contribution is 6.73. The average Bonchev–Trinajstić information content (AvgIpc) is 2.27. The van der Waals surface area contributed by atoms with Gasteiger partial charge >= 0.3 is 8.56 Å². The lowest BCUT2D eigenvalue weighted by atomic mass is 10.4. The van der Waals surface area contributed by atoms with Gasteiger partial charge in [-0.3, -0.25) is 0 Å². The molecule has 0 unspecified atom stereocenters. The zero-order valence-corrected chi connectivity index (χ0v) is 12.4. The zero-order valence-electron chi connectivity index (χ0n) is 11.4.